The Labute approximate surface area is 115 Å². The zero-order valence-electron chi connectivity index (χ0n) is 12.5. The van der Waals surface area contributed by atoms with Gasteiger partial charge in [-0.25, -0.2) is 0 Å². The van der Waals surface area contributed by atoms with Crippen LogP contribution in [0.4, 0.5) is 0 Å². The van der Waals surface area contributed by atoms with Gasteiger partial charge in [0, 0.05) is 32.6 Å². The first-order valence-corrected chi connectivity index (χ1v) is 6.97. The van der Waals surface area contributed by atoms with Crippen LogP contribution in [0.3, 0.4) is 0 Å². The highest BCUT2D eigenvalue weighted by molar-refractivity contribution is 5.80. The largest absolute Gasteiger partial charge is 0.351 e. The summed E-state index contributed by atoms with van der Waals surface area (Å²) in [6.45, 7) is 7.28. The minimum absolute atomic E-state index is 0.0187. The summed E-state index contributed by atoms with van der Waals surface area (Å²) in [5.41, 5.74) is 5.79. The highest BCUT2D eigenvalue weighted by Gasteiger charge is 2.28. The zero-order valence-corrected chi connectivity index (χ0v) is 12.5. The molecule has 2 atom stereocenters. The maximum Gasteiger partial charge on any atom is 0.224 e. The lowest BCUT2D eigenvalue weighted by Gasteiger charge is -2.32. The lowest BCUT2D eigenvalue weighted by atomic mass is 9.84. The second-order valence-corrected chi connectivity index (χ2v) is 6.72. The Balaban J connectivity index is 2.51. The summed E-state index contributed by atoms with van der Waals surface area (Å²) < 4.78 is 0. The van der Waals surface area contributed by atoms with Crippen LogP contribution in [0.25, 0.3) is 0 Å². The summed E-state index contributed by atoms with van der Waals surface area (Å²) in [6.07, 6.45) is 2.01. The van der Waals surface area contributed by atoms with Crippen LogP contribution >= 0.6 is 0 Å². The van der Waals surface area contributed by atoms with Gasteiger partial charge < -0.3 is 16.0 Å². The molecule has 19 heavy (non-hydrogen) atoms. The van der Waals surface area contributed by atoms with Gasteiger partial charge in [0.05, 0.1) is 5.92 Å². The van der Waals surface area contributed by atoms with Crippen molar-refractivity contribution in [2.24, 2.45) is 17.1 Å². The minimum atomic E-state index is -0.150. The standard InChI is InChI=1S/C14H27N3O2/c1-14(2,3)7-10(8-15)13(19)16-11-5-6-12(18)17(4)9-11/h10-11H,5-9,15H2,1-4H3,(H,16,19). The van der Waals surface area contributed by atoms with Crippen LogP contribution in [-0.4, -0.2) is 42.9 Å². The molecule has 0 saturated carbocycles. The molecule has 2 unspecified atom stereocenters. The average molecular weight is 269 g/mol. The average Bonchev–Trinajstić information content (AvgIpc) is 2.29. The Morgan fingerprint density at radius 2 is 2.16 bits per heavy atom. The van der Waals surface area contributed by atoms with Gasteiger partial charge in [0.1, 0.15) is 0 Å². The molecule has 0 aromatic carbocycles. The monoisotopic (exact) mass is 269 g/mol. The van der Waals surface area contributed by atoms with Gasteiger partial charge in [-0.3, -0.25) is 9.59 Å². The zero-order chi connectivity index (χ0) is 14.6. The quantitative estimate of drug-likeness (QED) is 0.790. The van der Waals surface area contributed by atoms with Gasteiger partial charge in [-0.1, -0.05) is 20.8 Å². The highest BCUT2D eigenvalue weighted by Crippen LogP contribution is 2.24. The molecule has 1 heterocycles. The van der Waals surface area contributed by atoms with Crippen molar-refractivity contribution >= 4 is 11.8 Å². The molecule has 1 rings (SSSR count). The van der Waals surface area contributed by atoms with Gasteiger partial charge in [0.15, 0.2) is 0 Å². The van der Waals surface area contributed by atoms with E-state index in [9.17, 15) is 9.59 Å². The smallest absolute Gasteiger partial charge is 0.224 e. The molecule has 0 aliphatic carbocycles. The number of nitrogens with one attached hydrogen (secondary N) is 1. The van der Waals surface area contributed by atoms with E-state index in [2.05, 4.69) is 26.1 Å². The molecule has 5 nitrogen and oxygen atoms in total. The SMILES string of the molecule is CN1CC(NC(=O)C(CN)CC(C)(C)C)CCC1=O. The molecule has 1 aliphatic heterocycles. The summed E-state index contributed by atoms with van der Waals surface area (Å²) in [5.74, 6) is 0.0173. The van der Waals surface area contributed by atoms with Crippen LogP contribution in [0.1, 0.15) is 40.0 Å². The predicted molar refractivity (Wildman–Crippen MR) is 75.4 cm³/mol. The Bertz CT molecular complexity index is 336. The van der Waals surface area contributed by atoms with Crippen molar-refractivity contribution in [3.8, 4) is 0 Å². The molecule has 0 aromatic rings. The van der Waals surface area contributed by atoms with E-state index in [0.29, 0.717) is 19.5 Å². The number of hydrogen-bond acceptors (Lipinski definition) is 3. The third kappa shape index (κ3) is 5.19. The summed E-state index contributed by atoms with van der Waals surface area (Å²) in [4.78, 5) is 25.3. The second kappa shape index (κ2) is 6.37. The normalized spacial score (nSPS) is 22.3. The minimum Gasteiger partial charge on any atom is -0.351 e. The van der Waals surface area contributed by atoms with Crippen molar-refractivity contribution in [2.75, 3.05) is 20.1 Å². The van der Waals surface area contributed by atoms with E-state index in [0.717, 1.165) is 12.8 Å². The van der Waals surface area contributed by atoms with Crippen molar-refractivity contribution in [1.82, 2.24) is 10.2 Å². The van der Waals surface area contributed by atoms with Crippen molar-refractivity contribution < 1.29 is 9.59 Å². The molecule has 5 heteroatoms. The number of nitrogens with two attached hydrogens (primary N) is 1. The van der Waals surface area contributed by atoms with Gasteiger partial charge >= 0.3 is 0 Å². The molecule has 0 bridgehead atoms. The van der Waals surface area contributed by atoms with Crippen LogP contribution < -0.4 is 11.1 Å². The number of piperidine rings is 1. The van der Waals surface area contributed by atoms with E-state index >= 15 is 0 Å². The first-order chi connectivity index (χ1) is 8.73. The molecule has 3 N–H and O–H groups in total. The number of likely N-dealkylation sites (tertiary alicyclic amines) is 1. The van der Waals surface area contributed by atoms with Crippen molar-refractivity contribution in [2.45, 2.75) is 46.1 Å². The van der Waals surface area contributed by atoms with Crippen LogP contribution in [-0.2, 0) is 9.59 Å². The van der Waals surface area contributed by atoms with Crippen LogP contribution in [0.15, 0.2) is 0 Å². The van der Waals surface area contributed by atoms with E-state index in [4.69, 9.17) is 5.73 Å². The Kier molecular flexibility index (Phi) is 5.35. The summed E-state index contributed by atoms with van der Waals surface area (Å²) in [5, 5.41) is 3.03. The molecule has 0 radical (unpaired) electrons. The first-order valence-electron chi connectivity index (χ1n) is 6.97. The number of hydrogen-bond donors (Lipinski definition) is 2. The number of carbonyl (C=O) groups excluding carboxylic acids is 2. The molecule has 0 aromatic heterocycles. The van der Waals surface area contributed by atoms with Gasteiger partial charge in [-0.05, 0) is 18.3 Å². The third-order valence-electron chi connectivity index (χ3n) is 3.49. The lowest BCUT2D eigenvalue weighted by molar-refractivity contribution is -0.134. The number of nitrogens with zero attached hydrogens (tertiary/aromatic N) is 1. The van der Waals surface area contributed by atoms with Gasteiger partial charge in [0.25, 0.3) is 0 Å². The molecule has 2 amide bonds. The van der Waals surface area contributed by atoms with Gasteiger partial charge in [0.2, 0.25) is 11.8 Å². The maximum absolute atomic E-state index is 12.2. The first kappa shape index (κ1) is 16.0. The van der Waals surface area contributed by atoms with E-state index in [1.807, 2.05) is 0 Å². The number of likely N-dealkylation sites (N-methyl/N-ethyl adjacent to an activating group) is 1. The van der Waals surface area contributed by atoms with Crippen molar-refractivity contribution in [3.63, 3.8) is 0 Å². The Morgan fingerprint density at radius 3 is 2.63 bits per heavy atom. The number of rotatable bonds is 4. The van der Waals surface area contributed by atoms with E-state index < -0.39 is 0 Å². The predicted octanol–water partition coefficient (Wildman–Crippen LogP) is 0.735. The molecule has 1 aliphatic rings. The lowest BCUT2D eigenvalue weighted by Crippen LogP contribution is -2.50. The fraction of sp³-hybridized carbons (Fsp3) is 0.857. The highest BCUT2D eigenvalue weighted by atomic mass is 16.2. The van der Waals surface area contributed by atoms with Gasteiger partial charge in [-0.2, -0.15) is 0 Å². The van der Waals surface area contributed by atoms with Crippen LogP contribution in [0.5, 0.6) is 0 Å². The summed E-state index contributed by atoms with van der Waals surface area (Å²) in [7, 11) is 1.77. The molecule has 1 fully saturated rings. The van der Waals surface area contributed by atoms with E-state index in [-0.39, 0.29) is 29.2 Å². The number of amides is 2. The molecule has 1 saturated heterocycles. The Morgan fingerprint density at radius 1 is 1.53 bits per heavy atom. The number of carbonyl (C=O) groups is 2. The fourth-order valence-electron chi connectivity index (χ4n) is 2.47. The van der Waals surface area contributed by atoms with E-state index in [1.165, 1.54) is 0 Å². The second-order valence-electron chi connectivity index (χ2n) is 6.72. The van der Waals surface area contributed by atoms with Crippen LogP contribution in [0.2, 0.25) is 0 Å². The van der Waals surface area contributed by atoms with Crippen LogP contribution in [0, 0.1) is 11.3 Å². The molecular formula is C14H27N3O2. The Hall–Kier alpha value is -1.10. The summed E-state index contributed by atoms with van der Waals surface area (Å²) >= 11 is 0. The third-order valence-corrected chi connectivity index (χ3v) is 3.49. The maximum atomic E-state index is 12.2. The molecule has 0 spiro atoms. The fourth-order valence-corrected chi connectivity index (χ4v) is 2.47. The molecule has 110 valence electrons. The topological polar surface area (TPSA) is 75.4 Å². The van der Waals surface area contributed by atoms with E-state index in [1.54, 1.807) is 11.9 Å². The molecular weight excluding hydrogens is 242 g/mol. The van der Waals surface area contributed by atoms with Crippen molar-refractivity contribution in [1.29, 1.82) is 0 Å². The summed E-state index contributed by atoms with van der Waals surface area (Å²) in [6, 6.07) is 0.0595. The van der Waals surface area contributed by atoms with Crippen molar-refractivity contribution in [3.05, 3.63) is 0 Å². The van der Waals surface area contributed by atoms with Gasteiger partial charge in [-0.15, -0.1) is 0 Å².